The summed E-state index contributed by atoms with van der Waals surface area (Å²) in [7, 11) is 1.20. The fraction of sp³-hybridized carbons (Fsp3) is 0.629. The molecule has 4 N–H and O–H groups in total. The summed E-state index contributed by atoms with van der Waals surface area (Å²) in [4.78, 5) is 63.0. The first-order valence-electron chi connectivity index (χ1n) is 16.2. The van der Waals surface area contributed by atoms with E-state index in [0.29, 0.717) is 24.8 Å². The van der Waals surface area contributed by atoms with Gasteiger partial charge in [0.1, 0.15) is 17.4 Å². The number of phenols is 1. The maximum atomic E-state index is 13.5. The largest absolute Gasteiger partial charge is 0.508 e. The number of hydrogen-bond acceptors (Lipinski definition) is 10. The molecule has 0 bridgehead atoms. The Hall–Kier alpha value is -3.57. The Morgan fingerprint density at radius 2 is 1.76 bits per heavy atom. The molecule has 3 fully saturated rings. The number of amides is 1. The fourth-order valence-electron chi connectivity index (χ4n) is 9.17. The Balaban J connectivity index is 1.16. The predicted molar refractivity (Wildman–Crippen MR) is 164 cm³/mol. The number of aromatic hydroxyl groups is 1. The molecule has 11 nitrogen and oxygen atoms in total. The van der Waals surface area contributed by atoms with E-state index in [0.717, 1.165) is 18.4 Å². The first-order valence-corrected chi connectivity index (χ1v) is 16.2. The fourth-order valence-corrected chi connectivity index (χ4v) is 9.17. The van der Waals surface area contributed by atoms with Crippen LogP contribution in [0.2, 0.25) is 0 Å². The zero-order valence-electron chi connectivity index (χ0n) is 26.8. The number of allylic oxidation sites excluding steroid dienone is 1. The average molecular weight is 640 g/mol. The maximum absolute atomic E-state index is 13.5. The Kier molecular flexibility index (Phi) is 9.48. The minimum atomic E-state index is -1.78. The molecule has 8 atom stereocenters. The highest BCUT2D eigenvalue weighted by atomic mass is 16.5. The molecule has 3 saturated carbocycles. The van der Waals surface area contributed by atoms with E-state index in [1.54, 1.807) is 18.2 Å². The molecule has 0 unspecified atom stereocenters. The molecule has 1 amide bonds. The van der Waals surface area contributed by atoms with Crippen LogP contribution < -0.4 is 5.32 Å². The van der Waals surface area contributed by atoms with E-state index in [1.807, 2.05) is 6.92 Å². The van der Waals surface area contributed by atoms with Crippen LogP contribution in [0.1, 0.15) is 77.2 Å². The van der Waals surface area contributed by atoms with Gasteiger partial charge in [-0.05, 0) is 85.5 Å². The zero-order valence-corrected chi connectivity index (χ0v) is 26.8. The number of phenolic OH excluding ortho intramolecular Hbond substituents is 1. The number of esters is 2. The summed E-state index contributed by atoms with van der Waals surface area (Å²) >= 11 is 0. The van der Waals surface area contributed by atoms with Crippen molar-refractivity contribution < 1.29 is 48.8 Å². The lowest BCUT2D eigenvalue weighted by Gasteiger charge is -2.60. The van der Waals surface area contributed by atoms with E-state index in [1.165, 1.54) is 19.2 Å². The number of rotatable bonds is 10. The van der Waals surface area contributed by atoms with Gasteiger partial charge >= 0.3 is 11.9 Å². The van der Waals surface area contributed by atoms with Crippen molar-refractivity contribution in [3.8, 4) is 5.75 Å². The molecule has 0 heterocycles. The van der Waals surface area contributed by atoms with Crippen molar-refractivity contribution in [2.24, 2.45) is 28.6 Å². The smallest absolute Gasteiger partial charge is 0.328 e. The highest BCUT2D eigenvalue weighted by Crippen LogP contribution is 2.67. The minimum absolute atomic E-state index is 0.00502. The van der Waals surface area contributed by atoms with Crippen molar-refractivity contribution in [3.05, 3.63) is 41.5 Å². The Morgan fingerprint density at radius 3 is 2.46 bits per heavy atom. The van der Waals surface area contributed by atoms with Crippen LogP contribution in [0.15, 0.2) is 35.9 Å². The van der Waals surface area contributed by atoms with Crippen LogP contribution in [-0.4, -0.2) is 76.2 Å². The summed E-state index contributed by atoms with van der Waals surface area (Å²) in [5, 5.41) is 35.4. The van der Waals surface area contributed by atoms with Gasteiger partial charge in [0.05, 0.1) is 19.6 Å². The van der Waals surface area contributed by atoms with Crippen molar-refractivity contribution in [1.29, 1.82) is 0 Å². The maximum Gasteiger partial charge on any atom is 0.328 e. The third kappa shape index (κ3) is 6.11. The van der Waals surface area contributed by atoms with Gasteiger partial charge in [0.25, 0.3) is 0 Å². The molecule has 0 spiro atoms. The predicted octanol–water partition coefficient (Wildman–Crippen LogP) is 2.72. The molecule has 1 aromatic rings. The minimum Gasteiger partial charge on any atom is -0.508 e. The molecule has 0 radical (unpaired) electrons. The highest BCUT2D eigenvalue weighted by Gasteiger charge is 2.68. The summed E-state index contributed by atoms with van der Waals surface area (Å²) < 4.78 is 10.0. The first kappa shape index (κ1) is 33.8. The number of methoxy groups -OCH3 is 1. The van der Waals surface area contributed by atoms with E-state index < -0.39 is 53.4 Å². The van der Waals surface area contributed by atoms with Crippen molar-refractivity contribution >= 4 is 29.4 Å². The highest BCUT2D eigenvalue weighted by molar-refractivity contribution is 5.92. The lowest BCUT2D eigenvalue weighted by Crippen LogP contribution is -2.62. The summed E-state index contributed by atoms with van der Waals surface area (Å²) in [5.41, 5.74) is -1.18. The number of ether oxygens (including phenoxy) is 2. The zero-order chi connectivity index (χ0) is 33.4. The van der Waals surface area contributed by atoms with Crippen molar-refractivity contribution in [3.63, 3.8) is 0 Å². The van der Waals surface area contributed by atoms with Crippen LogP contribution in [-0.2, 0) is 39.9 Å². The number of aliphatic hydroxyl groups is 2. The van der Waals surface area contributed by atoms with Crippen LogP contribution in [0.4, 0.5) is 0 Å². The van der Waals surface area contributed by atoms with Gasteiger partial charge in [0.15, 0.2) is 12.4 Å². The number of carbonyl (C=O) groups excluding carboxylic acids is 5. The van der Waals surface area contributed by atoms with Crippen LogP contribution >= 0.6 is 0 Å². The van der Waals surface area contributed by atoms with Gasteiger partial charge in [-0.3, -0.25) is 19.2 Å². The van der Waals surface area contributed by atoms with Gasteiger partial charge in [-0.2, -0.15) is 0 Å². The number of nitrogens with one attached hydrogen (secondary N) is 1. The number of Topliss-reactive ketones (excluding diaryl/α,β-unsaturated/α-hetero) is 1. The summed E-state index contributed by atoms with van der Waals surface area (Å²) in [6, 6.07) is 5.14. The molecule has 0 aliphatic heterocycles. The van der Waals surface area contributed by atoms with Gasteiger partial charge in [-0.1, -0.05) is 31.6 Å². The lowest BCUT2D eigenvalue weighted by molar-refractivity contribution is -0.184. The van der Waals surface area contributed by atoms with Gasteiger partial charge in [0, 0.05) is 24.7 Å². The second-order valence-corrected chi connectivity index (χ2v) is 14.1. The number of aliphatic hydroxyl groups excluding tert-OH is 1. The van der Waals surface area contributed by atoms with Crippen LogP contribution in [0.5, 0.6) is 5.75 Å². The molecule has 46 heavy (non-hydrogen) atoms. The van der Waals surface area contributed by atoms with E-state index in [4.69, 9.17) is 9.47 Å². The third-order valence-corrected chi connectivity index (χ3v) is 11.6. The average Bonchev–Trinajstić information content (AvgIpc) is 3.29. The monoisotopic (exact) mass is 639 g/mol. The van der Waals surface area contributed by atoms with Gasteiger partial charge in [-0.25, -0.2) is 4.79 Å². The SMILES string of the molecule is COC(=O)[C@H](Cc1ccc(O)cc1)NC(=O)CCC(=O)OCC(=O)[C@@]1(O)CC[C@@H]2[C@@H]3CCC4=CC(=O)CC[C@]4(C)[C@@H]3[C@H](O)C[C@@]21C. The molecule has 5 rings (SSSR count). The molecular weight excluding hydrogens is 594 g/mol. The summed E-state index contributed by atoms with van der Waals surface area (Å²) in [6.07, 6.45) is 4.23. The summed E-state index contributed by atoms with van der Waals surface area (Å²) in [5.74, 6) is -2.45. The first-order chi connectivity index (χ1) is 21.7. The van der Waals surface area contributed by atoms with E-state index >= 15 is 0 Å². The lowest BCUT2D eigenvalue weighted by atomic mass is 9.45. The van der Waals surface area contributed by atoms with Crippen molar-refractivity contribution in [2.45, 2.75) is 95.8 Å². The second kappa shape index (κ2) is 12.9. The summed E-state index contributed by atoms with van der Waals surface area (Å²) in [6.45, 7) is 3.36. The van der Waals surface area contributed by atoms with Crippen molar-refractivity contribution in [2.75, 3.05) is 13.7 Å². The second-order valence-electron chi connectivity index (χ2n) is 14.1. The number of hydrogen-bond donors (Lipinski definition) is 4. The molecule has 1 aromatic carbocycles. The normalized spacial score (nSPS) is 33.8. The topological polar surface area (TPSA) is 177 Å². The molecule has 4 aliphatic carbocycles. The molecule has 11 heteroatoms. The Bertz CT molecular complexity index is 1420. The Morgan fingerprint density at radius 1 is 1.04 bits per heavy atom. The molecule has 0 aromatic heterocycles. The van der Waals surface area contributed by atoms with Crippen molar-refractivity contribution in [1.82, 2.24) is 5.32 Å². The standard InChI is InChI=1S/C35H45NO10/c1-33-14-12-23(38)17-21(33)6-9-24-25-13-15-35(44,34(25,2)18-27(39)31(24)33)28(40)19-46-30(42)11-10-29(41)36-26(32(43)45-3)16-20-4-7-22(37)8-5-20/h4-5,7-8,17,24-27,31,37,39,44H,6,9-16,18-19H2,1-3H3,(H,36,41)/t24-,25+,26-,27+,31-,33-,34-,35-/m0/s1. The molecule has 0 saturated heterocycles. The van der Waals surface area contributed by atoms with Crippen LogP contribution in [0.25, 0.3) is 0 Å². The van der Waals surface area contributed by atoms with Crippen LogP contribution in [0, 0.1) is 28.6 Å². The molecular formula is C35H45NO10. The van der Waals surface area contributed by atoms with E-state index in [2.05, 4.69) is 12.2 Å². The number of carbonyl (C=O) groups is 5. The molecule has 250 valence electrons. The third-order valence-electron chi connectivity index (χ3n) is 11.6. The number of ketones is 2. The molecule has 4 aliphatic rings. The number of fused-ring (bicyclic) bond motifs is 5. The van der Waals surface area contributed by atoms with Gasteiger partial charge < -0.3 is 30.1 Å². The van der Waals surface area contributed by atoms with E-state index in [-0.39, 0.29) is 66.8 Å². The van der Waals surface area contributed by atoms with Crippen LogP contribution in [0.3, 0.4) is 0 Å². The van der Waals surface area contributed by atoms with E-state index in [9.17, 15) is 39.3 Å². The van der Waals surface area contributed by atoms with Gasteiger partial charge in [-0.15, -0.1) is 0 Å². The quantitative estimate of drug-likeness (QED) is 0.279. The van der Waals surface area contributed by atoms with Gasteiger partial charge in [0.2, 0.25) is 11.7 Å². The number of benzene rings is 1. The Labute approximate surface area is 268 Å².